The first kappa shape index (κ1) is 14.4. The summed E-state index contributed by atoms with van der Waals surface area (Å²) in [5.41, 5.74) is 1.00. The lowest BCUT2D eigenvalue weighted by molar-refractivity contribution is 0.305. The van der Waals surface area contributed by atoms with E-state index in [0.29, 0.717) is 11.4 Å². The third-order valence-electron chi connectivity index (χ3n) is 2.20. The molecule has 2 aromatic rings. The molecule has 0 aliphatic carbocycles. The highest BCUT2D eigenvalue weighted by atomic mass is 35.5. The molecule has 0 spiro atoms. The van der Waals surface area contributed by atoms with Gasteiger partial charge in [0, 0.05) is 34.2 Å². The summed E-state index contributed by atoms with van der Waals surface area (Å²) in [5, 5.41) is 12.2. The number of pyridine rings is 1. The van der Waals surface area contributed by atoms with Crippen LogP contribution < -0.4 is 0 Å². The minimum absolute atomic E-state index is 0.109. The van der Waals surface area contributed by atoms with Crippen molar-refractivity contribution in [1.29, 1.82) is 0 Å². The van der Waals surface area contributed by atoms with Crippen LogP contribution in [0.25, 0.3) is 0 Å². The molecule has 2 heterocycles. The molecule has 2 aromatic heterocycles. The standard InChI is InChI=1S/C14H12ClNOS2/c15-13-5-3-6-16-14(13)19-10-12-8-11(9-18-12)4-1-2-7-17/h3,5-6,8-9,17H,2,7,10H2. The number of thiophene rings is 1. The van der Waals surface area contributed by atoms with Crippen molar-refractivity contribution in [2.75, 3.05) is 6.61 Å². The molecule has 0 amide bonds. The first-order valence-corrected chi connectivity index (χ1v) is 7.94. The highest BCUT2D eigenvalue weighted by Crippen LogP contribution is 2.29. The normalized spacial score (nSPS) is 10.0. The van der Waals surface area contributed by atoms with Gasteiger partial charge in [-0.3, -0.25) is 0 Å². The van der Waals surface area contributed by atoms with Crippen LogP contribution in [0.15, 0.2) is 34.8 Å². The topological polar surface area (TPSA) is 33.1 Å². The van der Waals surface area contributed by atoms with E-state index in [1.165, 1.54) is 4.88 Å². The molecule has 0 aliphatic heterocycles. The molecule has 1 N–H and O–H groups in total. The van der Waals surface area contributed by atoms with E-state index >= 15 is 0 Å². The van der Waals surface area contributed by atoms with Crippen molar-refractivity contribution < 1.29 is 5.11 Å². The summed E-state index contributed by atoms with van der Waals surface area (Å²) in [5.74, 6) is 6.78. The van der Waals surface area contributed by atoms with Gasteiger partial charge in [0.05, 0.1) is 11.6 Å². The Labute approximate surface area is 125 Å². The van der Waals surface area contributed by atoms with E-state index < -0.39 is 0 Å². The van der Waals surface area contributed by atoms with Gasteiger partial charge in [0.1, 0.15) is 5.03 Å². The third kappa shape index (κ3) is 4.55. The number of hydrogen-bond acceptors (Lipinski definition) is 4. The Hall–Kier alpha value is -0.990. The molecule has 2 nitrogen and oxygen atoms in total. The predicted molar refractivity (Wildman–Crippen MR) is 81.7 cm³/mol. The Morgan fingerprint density at radius 3 is 3.16 bits per heavy atom. The summed E-state index contributed by atoms with van der Waals surface area (Å²) in [7, 11) is 0. The van der Waals surface area contributed by atoms with E-state index in [0.717, 1.165) is 16.3 Å². The van der Waals surface area contributed by atoms with Crippen LogP contribution in [0.3, 0.4) is 0 Å². The van der Waals surface area contributed by atoms with Crippen molar-refractivity contribution in [3.63, 3.8) is 0 Å². The van der Waals surface area contributed by atoms with Crippen LogP contribution in [-0.4, -0.2) is 16.7 Å². The minimum atomic E-state index is 0.109. The summed E-state index contributed by atoms with van der Waals surface area (Å²) < 4.78 is 0. The molecule has 0 bridgehead atoms. The van der Waals surface area contributed by atoms with Gasteiger partial charge in [-0.15, -0.1) is 11.3 Å². The molecule has 0 saturated heterocycles. The van der Waals surface area contributed by atoms with Crippen molar-refractivity contribution in [3.8, 4) is 11.8 Å². The monoisotopic (exact) mass is 309 g/mol. The van der Waals surface area contributed by atoms with Crippen molar-refractivity contribution in [2.24, 2.45) is 0 Å². The first-order chi connectivity index (χ1) is 9.29. The maximum absolute atomic E-state index is 8.66. The van der Waals surface area contributed by atoms with Crippen molar-refractivity contribution in [1.82, 2.24) is 4.98 Å². The Bertz CT molecular complexity index is 601. The lowest BCUT2D eigenvalue weighted by atomic mass is 10.3. The van der Waals surface area contributed by atoms with Crippen LogP contribution in [0.2, 0.25) is 5.02 Å². The number of rotatable bonds is 4. The molecule has 19 heavy (non-hydrogen) atoms. The Kier molecular flexibility index (Phi) is 5.74. The Morgan fingerprint density at radius 2 is 2.37 bits per heavy atom. The molecule has 0 aromatic carbocycles. The third-order valence-corrected chi connectivity index (χ3v) is 4.79. The van der Waals surface area contributed by atoms with Gasteiger partial charge in [-0.25, -0.2) is 4.98 Å². The van der Waals surface area contributed by atoms with Crippen molar-refractivity contribution >= 4 is 34.7 Å². The van der Waals surface area contributed by atoms with E-state index in [2.05, 4.69) is 22.9 Å². The SMILES string of the molecule is OCCC#Cc1csc(CSc2ncccc2Cl)c1. The molecule has 0 aliphatic rings. The second-order valence-corrected chi connectivity index (χ2v) is 6.02. The van der Waals surface area contributed by atoms with Gasteiger partial charge in [0.15, 0.2) is 0 Å². The molecule has 0 fully saturated rings. The van der Waals surface area contributed by atoms with Gasteiger partial charge < -0.3 is 5.11 Å². The molecule has 0 unspecified atom stereocenters. The number of aliphatic hydroxyl groups excluding tert-OH is 1. The smallest absolute Gasteiger partial charge is 0.115 e. The fourth-order valence-electron chi connectivity index (χ4n) is 1.36. The first-order valence-electron chi connectivity index (χ1n) is 5.70. The highest BCUT2D eigenvalue weighted by Gasteiger charge is 2.04. The summed E-state index contributed by atoms with van der Waals surface area (Å²) in [6, 6.07) is 5.74. The Balaban J connectivity index is 1.94. The molecule has 2 rings (SSSR count). The van der Waals surface area contributed by atoms with Gasteiger partial charge in [-0.1, -0.05) is 35.2 Å². The maximum Gasteiger partial charge on any atom is 0.115 e. The van der Waals surface area contributed by atoms with Gasteiger partial charge >= 0.3 is 0 Å². The highest BCUT2D eigenvalue weighted by molar-refractivity contribution is 7.98. The fourth-order valence-corrected chi connectivity index (χ4v) is 3.40. The van der Waals surface area contributed by atoms with E-state index in [1.807, 2.05) is 17.5 Å². The molecule has 0 atom stereocenters. The van der Waals surface area contributed by atoms with Crippen LogP contribution in [0.4, 0.5) is 0 Å². The maximum atomic E-state index is 8.66. The lowest BCUT2D eigenvalue weighted by Gasteiger charge is -2.00. The number of aromatic nitrogens is 1. The molecule has 0 radical (unpaired) electrons. The van der Waals surface area contributed by atoms with Gasteiger partial charge in [-0.2, -0.15) is 0 Å². The molecule has 0 saturated carbocycles. The van der Waals surface area contributed by atoms with Crippen LogP contribution in [-0.2, 0) is 5.75 Å². The zero-order chi connectivity index (χ0) is 13.5. The number of thioether (sulfide) groups is 1. The lowest BCUT2D eigenvalue weighted by Crippen LogP contribution is -1.81. The fraction of sp³-hybridized carbons (Fsp3) is 0.214. The molecular weight excluding hydrogens is 298 g/mol. The average Bonchev–Trinajstić information content (AvgIpc) is 2.86. The quantitative estimate of drug-likeness (QED) is 0.688. The number of halogens is 1. The molecule has 98 valence electrons. The average molecular weight is 310 g/mol. The van der Waals surface area contributed by atoms with E-state index in [9.17, 15) is 0 Å². The number of aliphatic hydroxyl groups is 1. The largest absolute Gasteiger partial charge is 0.395 e. The number of nitrogens with zero attached hydrogens (tertiary/aromatic N) is 1. The zero-order valence-corrected chi connectivity index (χ0v) is 12.5. The molecule has 5 heteroatoms. The summed E-state index contributed by atoms with van der Waals surface area (Å²) in [4.78, 5) is 5.48. The van der Waals surface area contributed by atoms with Crippen LogP contribution in [0, 0.1) is 11.8 Å². The van der Waals surface area contributed by atoms with E-state index in [4.69, 9.17) is 16.7 Å². The number of hydrogen-bond donors (Lipinski definition) is 1. The van der Waals surface area contributed by atoms with Crippen LogP contribution in [0.1, 0.15) is 16.9 Å². The summed E-state index contributed by atoms with van der Waals surface area (Å²) >= 11 is 9.35. The van der Waals surface area contributed by atoms with Crippen LogP contribution >= 0.6 is 34.7 Å². The van der Waals surface area contributed by atoms with Gasteiger partial charge in [0.25, 0.3) is 0 Å². The van der Waals surface area contributed by atoms with Crippen molar-refractivity contribution in [2.45, 2.75) is 17.2 Å². The summed E-state index contributed by atoms with van der Waals surface area (Å²) in [6.45, 7) is 0.109. The second kappa shape index (κ2) is 7.56. The predicted octanol–water partition coefficient (Wildman–Crippen LogP) is 3.82. The van der Waals surface area contributed by atoms with Gasteiger partial charge in [0.2, 0.25) is 0 Å². The van der Waals surface area contributed by atoms with Gasteiger partial charge in [-0.05, 0) is 18.2 Å². The molecular formula is C14H12ClNOS2. The second-order valence-electron chi connectivity index (χ2n) is 3.66. The minimum Gasteiger partial charge on any atom is -0.395 e. The Morgan fingerprint density at radius 1 is 1.47 bits per heavy atom. The summed E-state index contributed by atoms with van der Waals surface area (Å²) in [6.07, 6.45) is 2.26. The van der Waals surface area contributed by atoms with E-state index in [-0.39, 0.29) is 6.61 Å². The zero-order valence-electron chi connectivity index (χ0n) is 10.1. The van der Waals surface area contributed by atoms with Crippen molar-refractivity contribution in [3.05, 3.63) is 45.2 Å². The van der Waals surface area contributed by atoms with E-state index in [1.54, 1.807) is 29.3 Å². The van der Waals surface area contributed by atoms with Crippen LogP contribution in [0.5, 0.6) is 0 Å².